The van der Waals surface area contributed by atoms with Crippen LogP contribution in [0.2, 0.25) is 0 Å². The Bertz CT molecular complexity index is 998. The SMILES string of the molecule is C[C@@H](c1ccccc1)N(CC[C@H](c1ccccc1)[C@@H]1CCOC(C)(C)C1)C(=O)c1ccco1. The van der Waals surface area contributed by atoms with Gasteiger partial charge >= 0.3 is 0 Å². The van der Waals surface area contributed by atoms with Gasteiger partial charge in [0.1, 0.15) is 0 Å². The lowest BCUT2D eigenvalue weighted by Gasteiger charge is -2.40. The quantitative estimate of drug-likeness (QED) is 0.380. The first kappa shape index (κ1) is 23.3. The van der Waals surface area contributed by atoms with Crippen LogP contribution in [0.1, 0.15) is 73.7 Å². The fourth-order valence-corrected chi connectivity index (χ4v) is 5.20. The van der Waals surface area contributed by atoms with Gasteiger partial charge in [-0.1, -0.05) is 60.7 Å². The van der Waals surface area contributed by atoms with E-state index in [0.717, 1.165) is 31.4 Å². The van der Waals surface area contributed by atoms with Gasteiger partial charge in [0.2, 0.25) is 0 Å². The van der Waals surface area contributed by atoms with Gasteiger partial charge in [-0.15, -0.1) is 0 Å². The Morgan fingerprint density at radius 3 is 2.27 bits per heavy atom. The Kier molecular flexibility index (Phi) is 7.34. The highest BCUT2D eigenvalue weighted by Gasteiger charge is 2.35. The first-order valence-electron chi connectivity index (χ1n) is 12.0. The number of furan rings is 1. The highest BCUT2D eigenvalue weighted by Crippen LogP contribution is 2.40. The van der Waals surface area contributed by atoms with E-state index >= 15 is 0 Å². The third-order valence-electron chi connectivity index (χ3n) is 6.96. The molecule has 0 unspecified atom stereocenters. The van der Waals surface area contributed by atoms with E-state index in [0.29, 0.717) is 24.1 Å². The van der Waals surface area contributed by atoms with Crippen LogP contribution < -0.4 is 0 Å². The van der Waals surface area contributed by atoms with Crippen LogP contribution in [-0.2, 0) is 4.74 Å². The molecule has 1 fully saturated rings. The standard InChI is InChI=1S/C29H35NO3/c1-22(23-11-6-4-7-12-23)30(28(31)27-15-10-19-32-27)18-16-26(24-13-8-5-9-14-24)25-17-20-33-29(2,3)21-25/h4-15,19,22,25-26H,16-18,20-21H2,1-3H3/t22-,25+,26+/m0/s1. The lowest BCUT2D eigenvalue weighted by atomic mass is 9.75. The summed E-state index contributed by atoms with van der Waals surface area (Å²) in [4.78, 5) is 15.4. The van der Waals surface area contributed by atoms with Crippen LogP contribution >= 0.6 is 0 Å². The largest absolute Gasteiger partial charge is 0.459 e. The van der Waals surface area contributed by atoms with Crippen LogP contribution in [0.5, 0.6) is 0 Å². The van der Waals surface area contributed by atoms with Gasteiger partial charge in [-0.3, -0.25) is 4.79 Å². The van der Waals surface area contributed by atoms with Gasteiger partial charge in [0.25, 0.3) is 5.91 Å². The highest BCUT2D eigenvalue weighted by atomic mass is 16.5. The summed E-state index contributed by atoms with van der Waals surface area (Å²) >= 11 is 0. The van der Waals surface area contributed by atoms with E-state index in [1.165, 1.54) is 5.56 Å². The minimum Gasteiger partial charge on any atom is -0.459 e. The Balaban J connectivity index is 1.60. The van der Waals surface area contributed by atoms with Crippen molar-refractivity contribution in [1.29, 1.82) is 0 Å². The number of amides is 1. The Labute approximate surface area is 197 Å². The number of nitrogens with zero attached hydrogens (tertiary/aromatic N) is 1. The third kappa shape index (κ3) is 5.75. The molecule has 3 atom stereocenters. The third-order valence-corrected chi connectivity index (χ3v) is 6.96. The van der Waals surface area contributed by atoms with Gasteiger partial charge in [-0.05, 0) is 75.1 Å². The first-order chi connectivity index (χ1) is 15.9. The molecule has 1 aliphatic heterocycles. The molecule has 0 bridgehead atoms. The molecule has 0 saturated carbocycles. The molecule has 2 heterocycles. The maximum atomic E-state index is 13.5. The van der Waals surface area contributed by atoms with Crippen molar-refractivity contribution in [2.45, 2.75) is 57.6 Å². The van der Waals surface area contributed by atoms with Crippen LogP contribution in [-0.4, -0.2) is 29.6 Å². The predicted molar refractivity (Wildman–Crippen MR) is 131 cm³/mol. The van der Waals surface area contributed by atoms with Gasteiger partial charge in [-0.25, -0.2) is 0 Å². The number of rotatable bonds is 8. The summed E-state index contributed by atoms with van der Waals surface area (Å²) in [7, 11) is 0. The number of hydrogen-bond acceptors (Lipinski definition) is 3. The minimum atomic E-state index is -0.114. The van der Waals surface area contributed by atoms with Gasteiger partial charge in [-0.2, -0.15) is 0 Å². The second-order valence-electron chi connectivity index (χ2n) is 9.73. The van der Waals surface area contributed by atoms with Gasteiger partial charge in [0.05, 0.1) is 17.9 Å². The first-order valence-corrected chi connectivity index (χ1v) is 12.0. The van der Waals surface area contributed by atoms with Gasteiger partial charge < -0.3 is 14.1 Å². The van der Waals surface area contributed by atoms with Crippen LogP contribution in [0.3, 0.4) is 0 Å². The van der Waals surface area contributed by atoms with Crippen molar-refractivity contribution >= 4 is 5.91 Å². The highest BCUT2D eigenvalue weighted by molar-refractivity contribution is 5.91. The number of carbonyl (C=O) groups excluding carboxylic acids is 1. The molecule has 1 aromatic heterocycles. The maximum Gasteiger partial charge on any atom is 0.290 e. The summed E-state index contributed by atoms with van der Waals surface area (Å²) in [5.41, 5.74) is 2.36. The van der Waals surface area contributed by atoms with Crippen LogP contribution in [0.15, 0.2) is 83.5 Å². The molecule has 33 heavy (non-hydrogen) atoms. The molecule has 0 spiro atoms. The molecular formula is C29H35NO3. The van der Waals surface area contributed by atoms with Crippen molar-refractivity contribution in [1.82, 2.24) is 4.90 Å². The molecule has 3 aromatic rings. The smallest absolute Gasteiger partial charge is 0.290 e. The van der Waals surface area contributed by atoms with Crippen molar-refractivity contribution in [3.05, 3.63) is 95.9 Å². The van der Waals surface area contributed by atoms with E-state index in [1.54, 1.807) is 18.4 Å². The van der Waals surface area contributed by atoms with Gasteiger partial charge in [0, 0.05) is 13.2 Å². The van der Waals surface area contributed by atoms with E-state index in [9.17, 15) is 4.79 Å². The zero-order valence-electron chi connectivity index (χ0n) is 19.9. The zero-order valence-corrected chi connectivity index (χ0v) is 19.9. The van der Waals surface area contributed by atoms with Crippen molar-refractivity contribution in [2.24, 2.45) is 5.92 Å². The molecule has 4 rings (SSSR count). The monoisotopic (exact) mass is 445 g/mol. The molecule has 0 N–H and O–H groups in total. The summed E-state index contributed by atoms with van der Waals surface area (Å²) in [6.07, 6.45) is 4.53. The fourth-order valence-electron chi connectivity index (χ4n) is 5.20. The second-order valence-corrected chi connectivity index (χ2v) is 9.73. The Hall–Kier alpha value is -2.85. The van der Waals surface area contributed by atoms with E-state index in [-0.39, 0.29) is 17.6 Å². The average molecular weight is 446 g/mol. The van der Waals surface area contributed by atoms with Crippen LogP contribution in [0.4, 0.5) is 0 Å². The molecule has 174 valence electrons. The molecule has 1 aliphatic rings. The van der Waals surface area contributed by atoms with Crippen LogP contribution in [0, 0.1) is 5.92 Å². The maximum absolute atomic E-state index is 13.5. The summed E-state index contributed by atoms with van der Waals surface area (Å²) in [6.45, 7) is 7.92. The van der Waals surface area contributed by atoms with Gasteiger partial charge in [0.15, 0.2) is 5.76 Å². The van der Waals surface area contributed by atoms with Crippen molar-refractivity contribution in [3.63, 3.8) is 0 Å². The second kappa shape index (κ2) is 10.4. The molecule has 1 saturated heterocycles. The lowest BCUT2D eigenvalue weighted by molar-refractivity contribution is -0.0775. The summed E-state index contributed by atoms with van der Waals surface area (Å²) in [6, 6.07) is 24.5. The average Bonchev–Trinajstić information content (AvgIpc) is 3.37. The number of hydrogen-bond donors (Lipinski definition) is 0. The van der Waals surface area contributed by atoms with E-state index < -0.39 is 0 Å². The summed E-state index contributed by atoms with van der Waals surface area (Å²) in [5.74, 6) is 1.21. The molecular weight excluding hydrogens is 410 g/mol. The van der Waals surface area contributed by atoms with Crippen molar-refractivity contribution in [3.8, 4) is 0 Å². The molecule has 0 aliphatic carbocycles. The molecule has 0 radical (unpaired) electrons. The summed E-state index contributed by atoms with van der Waals surface area (Å²) < 4.78 is 11.5. The molecule has 4 nitrogen and oxygen atoms in total. The fraction of sp³-hybridized carbons (Fsp3) is 0.414. The zero-order chi connectivity index (χ0) is 23.3. The normalized spacial score (nSPS) is 19.5. The van der Waals surface area contributed by atoms with E-state index in [1.807, 2.05) is 23.1 Å². The van der Waals surface area contributed by atoms with E-state index in [2.05, 4.69) is 63.2 Å². The lowest BCUT2D eigenvalue weighted by Crippen LogP contribution is -2.38. The number of ether oxygens (including phenoxy) is 1. The van der Waals surface area contributed by atoms with E-state index in [4.69, 9.17) is 9.15 Å². The number of carbonyl (C=O) groups is 1. The van der Waals surface area contributed by atoms with Crippen molar-refractivity contribution in [2.75, 3.05) is 13.2 Å². The molecule has 2 aromatic carbocycles. The number of benzene rings is 2. The summed E-state index contributed by atoms with van der Waals surface area (Å²) in [5, 5.41) is 0. The van der Waals surface area contributed by atoms with Crippen LogP contribution in [0.25, 0.3) is 0 Å². The Morgan fingerprint density at radius 1 is 1.00 bits per heavy atom. The topological polar surface area (TPSA) is 42.7 Å². The Morgan fingerprint density at radius 2 is 1.67 bits per heavy atom. The predicted octanol–water partition coefficient (Wildman–Crippen LogP) is 6.86. The molecule has 1 amide bonds. The molecule has 4 heteroatoms. The van der Waals surface area contributed by atoms with Crippen molar-refractivity contribution < 1.29 is 13.9 Å². The minimum absolute atomic E-state index is 0.0497.